The Bertz CT molecular complexity index is 1100. The zero-order valence-corrected chi connectivity index (χ0v) is 18.8. The van der Waals surface area contributed by atoms with E-state index in [1.807, 2.05) is 4.90 Å². The van der Waals surface area contributed by atoms with Gasteiger partial charge in [-0.3, -0.25) is 14.5 Å². The number of carbonyl (C=O) groups excluding carboxylic acids is 2. The summed E-state index contributed by atoms with van der Waals surface area (Å²) in [6, 6.07) is 8.71. The highest BCUT2D eigenvalue weighted by atomic mass is 19.1. The minimum Gasteiger partial charge on any atom is -0.486 e. The quantitative estimate of drug-likeness (QED) is 0.698. The largest absolute Gasteiger partial charge is 0.486 e. The summed E-state index contributed by atoms with van der Waals surface area (Å²) in [5.41, 5.74) is 1.24. The number of halogens is 2. The Morgan fingerprint density at radius 3 is 2.45 bits per heavy atom. The van der Waals surface area contributed by atoms with Gasteiger partial charge in [0.15, 0.2) is 0 Å². The second-order valence-corrected chi connectivity index (χ2v) is 9.17. The molecule has 0 spiro atoms. The Morgan fingerprint density at radius 1 is 1.03 bits per heavy atom. The van der Waals surface area contributed by atoms with Gasteiger partial charge in [0.1, 0.15) is 23.5 Å². The molecule has 0 unspecified atom stereocenters. The Balaban J connectivity index is 1.38. The van der Waals surface area contributed by atoms with Crippen molar-refractivity contribution in [3.05, 3.63) is 53.6 Å². The Morgan fingerprint density at radius 2 is 1.76 bits per heavy atom. The van der Waals surface area contributed by atoms with Gasteiger partial charge in [0.2, 0.25) is 5.91 Å². The summed E-state index contributed by atoms with van der Waals surface area (Å²) in [6.07, 6.45) is 1.60. The van der Waals surface area contributed by atoms with E-state index in [2.05, 4.69) is 4.90 Å². The predicted octanol–water partition coefficient (Wildman–Crippen LogP) is 3.16. The summed E-state index contributed by atoms with van der Waals surface area (Å²) in [5, 5.41) is 0. The van der Waals surface area contributed by atoms with Crippen LogP contribution in [0.25, 0.3) is 11.1 Å². The van der Waals surface area contributed by atoms with Crippen LogP contribution in [0.3, 0.4) is 0 Å². The van der Waals surface area contributed by atoms with Crippen LogP contribution < -0.4 is 4.74 Å². The number of carbonyl (C=O) groups is 2. The number of fused-ring (bicyclic) bond motifs is 2. The zero-order chi connectivity index (χ0) is 23.3. The van der Waals surface area contributed by atoms with Crippen molar-refractivity contribution in [3.63, 3.8) is 0 Å². The molecule has 0 radical (unpaired) electrons. The molecule has 3 heterocycles. The maximum absolute atomic E-state index is 14.3. The van der Waals surface area contributed by atoms with E-state index < -0.39 is 11.6 Å². The first-order valence-electron chi connectivity index (χ1n) is 11.3. The summed E-state index contributed by atoms with van der Waals surface area (Å²) in [4.78, 5) is 30.8. The molecular formula is C25H27F2N3O3. The standard InChI is InChI=1S/C25H27F2N3O3/c1-15(31)29-9-7-18(8-10-29)30-13-22-24(14-30)33-23-11-16(3-5-20(23)25(32)28(22)2)19-6-4-17(26)12-21(19)27/h3-6,11-12,18,22,24H,7-10,13-14H2,1-2H3/t22-,24+/m1/s1. The van der Waals surface area contributed by atoms with E-state index >= 15 is 0 Å². The minimum absolute atomic E-state index is 0.0956. The van der Waals surface area contributed by atoms with Crippen molar-refractivity contribution in [2.24, 2.45) is 0 Å². The number of amides is 2. The molecule has 0 bridgehead atoms. The molecule has 2 fully saturated rings. The summed E-state index contributed by atoms with van der Waals surface area (Å²) in [5.74, 6) is -0.889. The fourth-order valence-corrected chi connectivity index (χ4v) is 5.31. The molecule has 0 aromatic heterocycles. The van der Waals surface area contributed by atoms with Gasteiger partial charge in [-0.15, -0.1) is 0 Å². The maximum atomic E-state index is 14.3. The molecule has 6 nitrogen and oxygen atoms in total. The minimum atomic E-state index is -0.658. The number of ether oxygens (including phenoxy) is 1. The molecule has 3 aliphatic rings. The van der Waals surface area contributed by atoms with Crippen molar-refractivity contribution in [3.8, 4) is 16.9 Å². The average molecular weight is 456 g/mol. The van der Waals surface area contributed by atoms with Crippen molar-refractivity contribution < 1.29 is 23.1 Å². The number of hydrogen-bond acceptors (Lipinski definition) is 4. The molecule has 3 aliphatic heterocycles. The van der Waals surface area contributed by atoms with Crippen LogP contribution in [0, 0.1) is 11.6 Å². The lowest BCUT2D eigenvalue weighted by atomic mass is 10.0. The molecule has 2 aromatic rings. The number of piperidine rings is 1. The molecule has 0 aliphatic carbocycles. The van der Waals surface area contributed by atoms with Crippen LogP contribution >= 0.6 is 0 Å². The average Bonchev–Trinajstić information content (AvgIpc) is 3.18. The number of hydrogen-bond donors (Lipinski definition) is 0. The molecule has 2 atom stereocenters. The Kier molecular flexibility index (Phi) is 5.56. The second-order valence-electron chi connectivity index (χ2n) is 9.17. The maximum Gasteiger partial charge on any atom is 0.257 e. The lowest BCUT2D eigenvalue weighted by Crippen LogP contribution is -2.47. The molecule has 0 saturated carbocycles. The number of rotatable bonds is 2. The number of benzene rings is 2. The molecule has 2 amide bonds. The molecule has 2 aromatic carbocycles. The second kappa shape index (κ2) is 8.41. The van der Waals surface area contributed by atoms with E-state index in [1.165, 1.54) is 12.1 Å². The van der Waals surface area contributed by atoms with Gasteiger partial charge in [0, 0.05) is 57.8 Å². The lowest BCUT2D eigenvalue weighted by molar-refractivity contribution is -0.130. The SMILES string of the molecule is CC(=O)N1CCC(N2C[C@@H]3Oc4cc(-c5ccc(F)cc5F)ccc4C(=O)N(C)[C@@H]3C2)CC1. The van der Waals surface area contributed by atoms with Gasteiger partial charge in [-0.1, -0.05) is 6.07 Å². The van der Waals surface area contributed by atoms with E-state index in [0.717, 1.165) is 32.0 Å². The van der Waals surface area contributed by atoms with Crippen LogP contribution in [0.2, 0.25) is 0 Å². The molecule has 174 valence electrons. The first kappa shape index (κ1) is 21.8. The zero-order valence-electron chi connectivity index (χ0n) is 18.8. The fraction of sp³-hybridized carbons (Fsp3) is 0.440. The first-order chi connectivity index (χ1) is 15.8. The predicted molar refractivity (Wildman–Crippen MR) is 119 cm³/mol. The van der Waals surface area contributed by atoms with Gasteiger partial charge in [-0.05, 0) is 42.7 Å². The van der Waals surface area contributed by atoms with Gasteiger partial charge in [-0.2, -0.15) is 0 Å². The van der Waals surface area contributed by atoms with Crippen LogP contribution in [0.15, 0.2) is 36.4 Å². The van der Waals surface area contributed by atoms with Crippen molar-refractivity contribution in [1.29, 1.82) is 0 Å². The van der Waals surface area contributed by atoms with Crippen molar-refractivity contribution >= 4 is 11.8 Å². The molecule has 8 heteroatoms. The van der Waals surface area contributed by atoms with Crippen LogP contribution in [0.5, 0.6) is 5.75 Å². The van der Waals surface area contributed by atoms with Gasteiger partial charge < -0.3 is 14.5 Å². The number of nitrogens with zero attached hydrogens (tertiary/aromatic N) is 3. The molecule has 0 N–H and O–H groups in total. The molecular weight excluding hydrogens is 428 g/mol. The topological polar surface area (TPSA) is 53.1 Å². The molecule has 2 saturated heterocycles. The van der Waals surface area contributed by atoms with Crippen LogP contribution in [0.1, 0.15) is 30.1 Å². The monoisotopic (exact) mass is 455 g/mol. The van der Waals surface area contributed by atoms with Gasteiger partial charge in [0.05, 0.1) is 11.6 Å². The highest BCUT2D eigenvalue weighted by Crippen LogP contribution is 2.36. The summed E-state index contributed by atoms with van der Waals surface area (Å²) >= 11 is 0. The van der Waals surface area contributed by atoms with E-state index in [1.54, 1.807) is 37.1 Å². The lowest BCUT2D eigenvalue weighted by Gasteiger charge is -2.36. The summed E-state index contributed by atoms with van der Waals surface area (Å²) in [7, 11) is 1.80. The van der Waals surface area contributed by atoms with Crippen LogP contribution in [-0.2, 0) is 4.79 Å². The van der Waals surface area contributed by atoms with E-state index in [4.69, 9.17) is 4.74 Å². The smallest absolute Gasteiger partial charge is 0.257 e. The van der Waals surface area contributed by atoms with Crippen LogP contribution in [-0.4, -0.2) is 77.9 Å². The fourth-order valence-electron chi connectivity index (χ4n) is 5.31. The van der Waals surface area contributed by atoms with Crippen molar-refractivity contribution in [2.75, 3.05) is 33.2 Å². The van der Waals surface area contributed by atoms with Crippen molar-refractivity contribution in [1.82, 2.24) is 14.7 Å². The van der Waals surface area contributed by atoms with Crippen LogP contribution in [0.4, 0.5) is 8.78 Å². The number of likely N-dealkylation sites (tertiary alicyclic amines) is 2. The third-order valence-electron chi connectivity index (χ3n) is 7.24. The van der Waals surface area contributed by atoms with Gasteiger partial charge in [-0.25, -0.2) is 8.78 Å². The normalized spacial score (nSPS) is 23.7. The highest BCUT2D eigenvalue weighted by molar-refractivity contribution is 5.98. The van der Waals surface area contributed by atoms with Gasteiger partial charge in [0.25, 0.3) is 5.91 Å². The van der Waals surface area contributed by atoms with E-state index in [9.17, 15) is 18.4 Å². The molecule has 5 rings (SSSR count). The van der Waals surface area contributed by atoms with E-state index in [-0.39, 0.29) is 29.5 Å². The molecule has 33 heavy (non-hydrogen) atoms. The highest BCUT2D eigenvalue weighted by Gasteiger charge is 2.44. The number of likely N-dealkylation sites (N-methyl/N-ethyl adjacent to an activating group) is 1. The third-order valence-corrected chi connectivity index (χ3v) is 7.24. The first-order valence-corrected chi connectivity index (χ1v) is 11.3. The summed E-state index contributed by atoms with van der Waals surface area (Å²) in [6.45, 7) is 4.49. The van der Waals surface area contributed by atoms with Crippen molar-refractivity contribution in [2.45, 2.75) is 38.0 Å². The third kappa shape index (κ3) is 3.97. The Hall–Kier alpha value is -3.00. The van der Waals surface area contributed by atoms with E-state index in [0.29, 0.717) is 36.0 Å². The summed E-state index contributed by atoms with van der Waals surface area (Å²) < 4.78 is 34.1. The Labute approximate surface area is 191 Å². The van der Waals surface area contributed by atoms with Gasteiger partial charge >= 0.3 is 0 Å².